The van der Waals surface area contributed by atoms with Crippen molar-refractivity contribution < 1.29 is 0 Å². The molecule has 0 fully saturated rings. The van der Waals surface area contributed by atoms with E-state index in [0.717, 1.165) is 12.3 Å². The summed E-state index contributed by atoms with van der Waals surface area (Å²) in [6.07, 6.45) is 3.67. The molecule has 0 radical (unpaired) electrons. The minimum Gasteiger partial charge on any atom is -0.354 e. The number of pyridine rings is 1. The average molecular weight is 211 g/mol. The Bertz CT molecular complexity index is 312. The molecule has 0 saturated carbocycles. The van der Waals surface area contributed by atoms with Crippen molar-refractivity contribution in [3.05, 3.63) is 34.7 Å². The molecule has 0 bridgehead atoms. The summed E-state index contributed by atoms with van der Waals surface area (Å²) >= 11 is 4.33. The lowest BCUT2D eigenvalue weighted by Gasteiger charge is -2.19. The molecule has 1 atom stereocenters. The van der Waals surface area contributed by atoms with Crippen molar-refractivity contribution in [3.8, 4) is 0 Å². The fraction of sp³-hybridized carbons (Fsp3) is 0.545. The number of nitrogens with zero attached hydrogens (tertiary/aromatic N) is 1. The molecule has 1 aromatic rings. The Labute approximate surface area is 90.4 Å². The third-order valence-electron chi connectivity index (χ3n) is 2.48. The average Bonchev–Trinajstić information content (AvgIpc) is 2.16. The van der Waals surface area contributed by atoms with Crippen molar-refractivity contribution in [2.75, 3.05) is 5.75 Å². The minimum absolute atomic E-state index is 0.0632. The van der Waals surface area contributed by atoms with E-state index in [9.17, 15) is 4.79 Å². The fourth-order valence-electron chi connectivity index (χ4n) is 1.32. The van der Waals surface area contributed by atoms with Crippen molar-refractivity contribution in [2.24, 2.45) is 11.8 Å². The Kier molecular flexibility index (Phi) is 4.26. The predicted molar refractivity (Wildman–Crippen MR) is 62.9 cm³/mol. The second-order valence-corrected chi connectivity index (χ2v) is 4.28. The van der Waals surface area contributed by atoms with Crippen LogP contribution in [0.1, 0.15) is 13.8 Å². The molecule has 14 heavy (non-hydrogen) atoms. The van der Waals surface area contributed by atoms with Crippen LogP contribution in [0.5, 0.6) is 0 Å². The van der Waals surface area contributed by atoms with Gasteiger partial charge in [-0.15, -0.1) is 0 Å². The van der Waals surface area contributed by atoms with Crippen LogP contribution in [0.3, 0.4) is 0 Å². The summed E-state index contributed by atoms with van der Waals surface area (Å²) in [6.45, 7) is 5.33. The van der Waals surface area contributed by atoms with Gasteiger partial charge in [0.05, 0.1) is 0 Å². The molecular weight excluding hydrogens is 194 g/mol. The minimum atomic E-state index is 0.0632. The number of aromatic nitrogens is 1. The van der Waals surface area contributed by atoms with Crippen molar-refractivity contribution >= 4 is 12.6 Å². The summed E-state index contributed by atoms with van der Waals surface area (Å²) in [5.74, 6) is 2.05. The third kappa shape index (κ3) is 3.22. The molecule has 0 aliphatic carbocycles. The van der Waals surface area contributed by atoms with Gasteiger partial charge in [0.15, 0.2) is 5.43 Å². The maximum absolute atomic E-state index is 10.9. The summed E-state index contributed by atoms with van der Waals surface area (Å²) in [4.78, 5) is 10.9. The van der Waals surface area contributed by atoms with Gasteiger partial charge in [0.25, 0.3) is 0 Å². The van der Waals surface area contributed by atoms with Crippen LogP contribution in [0.4, 0.5) is 0 Å². The van der Waals surface area contributed by atoms with Gasteiger partial charge >= 0.3 is 0 Å². The second-order valence-electron chi connectivity index (χ2n) is 3.92. The van der Waals surface area contributed by atoms with Gasteiger partial charge in [-0.2, -0.15) is 12.6 Å². The summed E-state index contributed by atoms with van der Waals surface area (Å²) in [6, 6.07) is 3.19. The summed E-state index contributed by atoms with van der Waals surface area (Å²) in [7, 11) is 0. The van der Waals surface area contributed by atoms with Crippen LogP contribution < -0.4 is 5.43 Å². The molecule has 78 valence electrons. The molecule has 0 amide bonds. The quantitative estimate of drug-likeness (QED) is 0.756. The van der Waals surface area contributed by atoms with Gasteiger partial charge in [0.2, 0.25) is 0 Å². The van der Waals surface area contributed by atoms with Gasteiger partial charge in [0, 0.05) is 31.1 Å². The van der Waals surface area contributed by atoms with Gasteiger partial charge < -0.3 is 4.57 Å². The topological polar surface area (TPSA) is 22.0 Å². The highest BCUT2D eigenvalue weighted by atomic mass is 32.1. The largest absolute Gasteiger partial charge is 0.354 e. The Hall–Kier alpha value is -0.700. The number of hydrogen-bond donors (Lipinski definition) is 1. The zero-order valence-electron chi connectivity index (χ0n) is 8.68. The van der Waals surface area contributed by atoms with E-state index in [-0.39, 0.29) is 5.43 Å². The first kappa shape index (κ1) is 11.4. The predicted octanol–water partition coefficient (Wildman–Crippen LogP) is 2.05. The van der Waals surface area contributed by atoms with Crippen LogP contribution in [-0.2, 0) is 6.54 Å². The highest BCUT2D eigenvalue weighted by molar-refractivity contribution is 7.80. The maximum Gasteiger partial charge on any atom is 0.181 e. The normalized spacial score (nSPS) is 13.1. The van der Waals surface area contributed by atoms with Crippen molar-refractivity contribution in [2.45, 2.75) is 20.4 Å². The Morgan fingerprint density at radius 3 is 2.36 bits per heavy atom. The maximum atomic E-state index is 10.9. The van der Waals surface area contributed by atoms with Crippen LogP contribution in [-0.4, -0.2) is 10.3 Å². The molecule has 3 heteroatoms. The lowest BCUT2D eigenvalue weighted by atomic mass is 9.98. The monoisotopic (exact) mass is 211 g/mol. The molecule has 0 spiro atoms. The molecule has 1 aromatic heterocycles. The number of thiol groups is 1. The summed E-state index contributed by atoms with van der Waals surface area (Å²) in [5, 5.41) is 0. The SMILES string of the molecule is CC(C)C(CS)Cn1ccc(=O)cc1. The van der Waals surface area contributed by atoms with Gasteiger partial charge in [-0.3, -0.25) is 4.79 Å². The van der Waals surface area contributed by atoms with Crippen LogP contribution in [0.25, 0.3) is 0 Å². The first-order valence-corrected chi connectivity index (χ1v) is 5.53. The van der Waals surface area contributed by atoms with E-state index in [0.29, 0.717) is 11.8 Å². The smallest absolute Gasteiger partial charge is 0.181 e. The molecule has 1 unspecified atom stereocenters. The molecule has 1 heterocycles. The van der Waals surface area contributed by atoms with Crippen molar-refractivity contribution in [1.82, 2.24) is 4.57 Å². The van der Waals surface area contributed by atoms with E-state index in [1.54, 1.807) is 12.1 Å². The van der Waals surface area contributed by atoms with Gasteiger partial charge in [-0.05, 0) is 17.6 Å². The first-order chi connectivity index (χ1) is 6.63. The molecule has 0 saturated heterocycles. The van der Waals surface area contributed by atoms with Crippen LogP contribution >= 0.6 is 12.6 Å². The molecular formula is C11H17NOS. The van der Waals surface area contributed by atoms with Crippen LogP contribution in [0.15, 0.2) is 29.3 Å². The van der Waals surface area contributed by atoms with E-state index in [1.807, 2.05) is 17.0 Å². The summed E-state index contributed by atoms with van der Waals surface area (Å²) < 4.78 is 2.04. The van der Waals surface area contributed by atoms with E-state index in [2.05, 4.69) is 26.5 Å². The lowest BCUT2D eigenvalue weighted by molar-refractivity contribution is 0.371. The van der Waals surface area contributed by atoms with Crippen molar-refractivity contribution in [3.63, 3.8) is 0 Å². The molecule has 0 aromatic carbocycles. The standard InChI is InChI=1S/C11H17NOS/c1-9(2)10(8-14)7-12-5-3-11(13)4-6-12/h3-6,9-10,14H,7-8H2,1-2H3. The lowest BCUT2D eigenvalue weighted by Crippen LogP contribution is -2.18. The second kappa shape index (κ2) is 5.25. The molecule has 2 nitrogen and oxygen atoms in total. The Morgan fingerprint density at radius 1 is 1.36 bits per heavy atom. The van der Waals surface area contributed by atoms with E-state index >= 15 is 0 Å². The summed E-state index contributed by atoms with van der Waals surface area (Å²) in [5.41, 5.74) is 0.0632. The zero-order chi connectivity index (χ0) is 10.6. The Balaban J connectivity index is 2.67. The van der Waals surface area contributed by atoms with E-state index < -0.39 is 0 Å². The van der Waals surface area contributed by atoms with Crippen LogP contribution in [0.2, 0.25) is 0 Å². The zero-order valence-corrected chi connectivity index (χ0v) is 9.58. The number of hydrogen-bond acceptors (Lipinski definition) is 2. The van der Waals surface area contributed by atoms with Gasteiger partial charge in [-0.1, -0.05) is 13.8 Å². The van der Waals surface area contributed by atoms with Crippen molar-refractivity contribution in [1.29, 1.82) is 0 Å². The van der Waals surface area contributed by atoms with Crippen LogP contribution in [0, 0.1) is 11.8 Å². The molecule has 0 N–H and O–H groups in total. The van der Waals surface area contributed by atoms with Gasteiger partial charge in [-0.25, -0.2) is 0 Å². The molecule has 1 rings (SSSR count). The molecule has 0 aliphatic heterocycles. The van der Waals surface area contributed by atoms with E-state index in [1.165, 1.54) is 0 Å². The first-order valence-electron chi connectivity index (χ1n) is 4.90. The highest BCUT2D eigenvalue weighted by Gasteiger charge is 2.11. The number of rotatable bonds is 4. The van der Waals surface area contributed by atoms with Gasteiger partial charge in [0.1, 0.15) is 0 Å². The Morgan fingerprint density at radius 2 is 1.93 bits per heavy atom. The fourth-order valence-corrected chi connectivity index (χ4v) is 1.85. The molecule has 0 aliphatic rings. The van der Waals surface area contributed by atoms with E-state index in [4.69, 9.17) is 0 Å². The third-order valence-corrected chi connectivity index (χ3v) is 2.95. The highest BCUT2D eigenvalue weighted by Crippen LogP contribution is 2.14.